The smallest absolute Gasteiger partial charge is 0.270 e. The highest BCUT2D eigenvalue weighted by Gasteiger charge is 2.30. The largest absolute Gasteiger partial charge is 0.356 e. The Balaban J connectivity index is 1.50. The molecular weight excluding hydrogens is 386 g/mol. The summed E-state index contributed by atoms with van der Waals surface area (Å²) in [6.07, 6.45) is 1.55. The lowest BCUT2D eigenvalue weighted by molar-refractivity contribution is 0.0692. The van der Waals surface area contributed by atoms with Crippen LogP contribution < -0.4 is 0 Å². The van der Waals surface area contributed by atoms with Crippen LogP contribution in [0.4, 0.5) is 0 Å². The lowest BCUT2D eigenvalue weighted by Gasteiger charge is -2.33. The zero-order chi connectivity index (χ0) is 19.0. The molecule has 1 fully saturated rings. The summed E-state index contributed by atoms with van der Waals surface area (Å²) in [4.78, 5) is 17.2. The minimum Gasteiger partial charge on any atom is -0.356 e. The molecule has 1 aliphatic rings. The number of carbonyl (C=O) groups excluding carboxylic acids is 1. The summed E-state index contributed by atoms with van der Waals surface area (Å²) in [7, 11) is -3.60. The van der Waals surface area contributed by atoms with Gasteiger partial charge in [-0.05, 0) is 29.0 Å². The minimum atomic E-state index is -3.60. The second-order valence-corrected chi connectivity index (χ2v) is 8.81. The van der Waals surface area contributed by atoms with E-state index in [-0.39, 0.29) is 23.9 Å². The van der Waals surface area contributed by atoms with E-state index in [1.54, 1.807) is 29.3 Å². The SMILES string of the molecule is O=C(c1cc(Cl)c[nH]1)N1CCN(S(=O)(=O)c2ccc3ccccc3c2)CC1. The van der Waals surface area contributed by atoms with Gasteiger partial charge in [-0.3, -0.25) is 4.79 Å². The molecule has 0 atom stereocenters. The summed E-state index contributed by atoms with van der Waals surface area (Å²) in [5, 5.41) is 2.35. The Kier molecular flexibility index (Phi) is 4.67. The predicted molar refractivity (Wildman–Crippen MR) is 104 cm³/mol. The van der Waals surface area contributed by atoms with Gasteiger partial charge in [0.25, 0.3) is 5.91 Å². The minimum absolute atomic E-state index is 0.176. The third-order valence-corrected chi connectivity index (χ3v) is 6.88. The summed E-state index contributed by atoms with van der Waals surface area (Å²) in [5.41, 5.74) is 0.408. The fraction of sp³-hybridized carbons (Fsp3) is 0.211. The lowest BCUT2D eigenvalue weighted by Crippen LogP contribution is -2.50. The fourth-order valence-electron chi connectivity index (χ4n) is 3.27. The van der Waals surface area contributed by atoms with Gasteiger partial charge in [-0.1, -0.05) is 41.9 Å². The van der Waals surface area contributed by atoms with Crippen molar-refractivity contribution in [1.29, 1.82) is 0 Å². The number of piperazine rings is 1. The molecule has 1 N–H and O–H groups in total. The molecule has 1 aromatic heterocycles. The summed E-state index contributed by atoms with van der Waals surface area (Å²) < 4.78 is 27.4. The second-order valence-electron chi connectivity index (χ2n) is 6.44. The van der Waals surface area contributed by atoms with E-state index in [9.17, 15) is 13.2 Å². The van der Waals surface area contributed by atoms with Crippen molar-refractivity contribution >= 4 is 38.3 Å². The Bertz CT molecular complexity index is 1100. The number of H-pyrrole nitrogens is 1. The van der Waals surface area contributed by atoms with Gasteiger partial charge in [0.15, 0.2) is 0 Å². The van der Waals surface area contributed by atoms with Crippen molar-refractivity contribution in [2.75, 3.05) is 26.2 Å². The van der Waals surface area contributed by atoms with Gasteiger partial charge >= 0.3 is 0 Å². The first-order chi connectivity index (χ1) is 12.9. The van der Waals surface area contributed by atoms with Crippen molar-refractivity contribution in [2.45, 2.75) is 4.90 Å². The van der Waals surface area contributed by atoms with Gasteiger partial charge in [0.05, 0.1) is 9.92 Å². The average molecular weight is 404 g/mol. The van der Waals surface area contributed by atoms with E-state index in [1.807, 2.05) is 30.3 Å². The third kappa shape index (κ3) is 3.45. The van der Waals surface area contributed by atoms with Crippen molar-refractivity contribution in [3.63, 3.8) is 0 Å². The highest BCUT2D eigenvalue weighted by atomic mass is 35.5. The third-order valence-electron chi connectivity index (χ3n) is 4.76. The van der Waals surface area contributed by atoms with Crippen molar-refractivity contribution in [3.05, 3.63) is 65.4 Å². The number of aromatic amines is 1. The predicted octanol–water partition coefficient (Wildman–Crippen LogP) is 2.97. The van der Waals surface area contributed by atoms with Crippen LogP contribution in [0.15, 0.2) is 59.6 Å². The number of nitrogens with one attached hydrogen (secondary N) is 1. The number of halogens is 1. The standard InChI is InChI=1S/C19H18ClN3O3S/c20-16-12-18(21-13-16)19(24)22-7-9-23(10-8-22)27(25,26)17-6-5-14-3-1-2-4-15(14)11-17/h1-6,11-13,21H,7-10H2. The maximum absolute atomic E-state index is 13.0. The number of amides is 1. The molecule has 140 valence electrons. The summed E-state index contributed by atoms with van der Waals surface area (Å²) in [5.74, 6) is -0.176. The van der Waals surface area contributed by atoms with E-state index < -0.39 is 10.0 Å². The maximum atomic E-state index is 13.0. The molecule has 0 saturated carbocycles. The number of aromatic nitrogens is 1. The van der Waals surface area contributed by atoms with Gasteiger partial charge in [-0.25, -0.2) is 8.42 Å². The molecule has 6 nitrogen and oxygen atoms in total. The van der Waals surface area contributed by atoms with Crippen LogP contribution in [0, 0.1) is 0 Å². The first kappa shape index (κ1) is 18.0. The number of nitrogens with zero attached hydrogens (tertiary/aromatic N) is 2. The Hall–Kier alpha value is -2.35. The number of carbonyl (C=O) groups is 1. The molecule has 2 heterocycles. The van der Waals surface area contributed by atoms with Gasteiger partial charge in [-0.2, -0.15) is 4.31 Å². The molecule has 1 aliphatic heterocycles. The molecule has 0 bridgehead atoms. The van der Waals surface area contributed by atoms with Crippen LogP contribution in [0.5, 0.6) is 0 Å². The Labute approximate surface area is 162 Å². The van der Waals surface area contributed by atoms with Crippen LogP contribution in [0.2, 0.25) is 5.02 Å². The topological polar surface area (TPSA) is 73.5 Å². The van der Waals surface area contributed by atoms with Gasteiger partial charge in [-0.15, -0.1) is 0 Å². The zero-order valence-corrected chi connectivity index (χ0v) is 16.0. The Morgan fingerprint density at radius 2 is 1.67 bits per heavy atom. The molecule has 0 spiro atoms. The molecule has 8 heteroatoms. The van der Waals surface area contributed by atoms with Crippen LogP contribution in [0.1, 0.15) is 10.5 Å². The number of rotatable bonds is 3. The number of sulfonamides is 1. The monoisotopic (exact) mass is 403 g/mol. The van der Waals surface area contributed by atoms with Crippen LogP contribution in [-0.4, -0.2) is 54.7 Å². The van der Waals surface area contributed by atoms with Gasteiger partial charge in [0.1, 0.15) is 5.69 Å². The summed E-state index contributed by atoms with van der Waals surface area (Å²) in [6, 6.07) is 14.4. The molecule has 3 aromatic rings. The fourth-order valence-corrected chi connectivity index (χ4v) is 4.89. The molecule has 27 heavy (non-hydrogen) atoms. The van der Waals surface area contributed by atoms with Crippen LogP contribution >= 0.6 is 11.6 Å². The highest BCUT2D eigenvalue weighted by Crippen LogP contribution is 2.23. The van der Waals surface area contributed by atoms with Crippen molar-refractivity contribution in [1.82, 2.24) is 14.2 Å². The van der Waals surface area contributed by atoms with E-state index in [0.717, 1.165) is 10.8 Å². The zero-order valence-electron chi connectivity index (χ0n) is 14.4. The van der Waals surface area contributed by atoms with Crippen molar-refractivity contribution < 1.29 is 13.2 Å². The van der Waals surface area contributed by atoms with Gasteiger partial charge in [0, 0.05) is 32.4 Å². The Morgan fingerprint density at radius 3 is 2.33 bits per heavy atom. The molecule has 0 aliphatic carbocycles. The summed E-state index contributed by atoms with van der Waals surface area (Å²) in [6.45, 7) is 1.19. The number of hydrogen-bond donors (Lipinski definition) is 1. The molecule has 4 rings (SSSR count). The second kappa shape index (κ2) is 6.99. The maximum Gasteiger partial charge on any atom is 0.270 e. The molecule has 0 unspecified atom stereocenters. The van der Waals surface area contributed by atoms with Crippen LogP contribution in [-0.2, 0) is 10.0 Å². The van der Waals surface area contributed by atoms with Gasteiger partial charge < -0.3 is 9.88 Å². The van der Waals surface area contributed by atoms with Crippen molar-refractivity contribution in [3.8, 4) is 0 Å². The normalized spacial score (nSPS) is 16.0. The molecule has 0 radical (unpaired) electrons. The number of fused-ring (bicyclic) bond motifs is 1. The van der Waals surface area contributed by atoms with Crippen molar-refractivity contribution in [2.24, 2.45) is 0 Å². The number of hydrogen-bond acceptors (Lipinski definition) is 3. The summed E-state index contributed by atoms with van der Waals surface area (Å²) >= 11 is 5.85. The van der Waals surface area contributed by atoms with E-state index in [2.05, 4.69) is 4.98 Å². The molecule has 1 amide bonds. The number of benzene rings is 2. The molecule has 1 saturated heterocycles. The highest BCUT2D eigenvalue weighted by molar-refractivity contribution is 7.89. The van der Waals surface area contributed by atoms with E-state index in [0.29, 0.717) is 23.8 Å². The van der Waals surface area contributed by atoms with E-state index >= 15 is 0 Å². The first-order valence-electron chi connectivity index (χ1n) is 8.57. The quantitative estimate of drug-likeness (QED) is 0.730. The van der Waals surface area contributed by atoms with E-state index in [4.69, 9.17) is 11.6 Å². The lowest BCUT2D eigenvalue weighted by atomic mass is 10.1. The van der Waals surface area contributed by atoms with Gasteiger partial charge in [0.2, 0.25) is 10.0 Å². The van der Waals surface area contributed by atoms with Crippen LogP contribution in [0.3, 0.4) is 0 Å². The average Bonchev–Trinajstić information content (AvgIpc) is 3.13. The molecule has 2 aromatic carbocycles. The first-order valence-corrected chi connectivity index (χ1v) is 10.4. The van der Waals surface area contributed by atoms with Crippen LogP contribution in [0.25, 0.3) is 10.8 Å². The molecular formula is C19H18ClN3O3S. The Morgan fingerprint density at radius 1 is 0.963 bits per heavy atom. The van der Waals surface area contributed by atoms with E-state index in [1.165, 1.54) is 4.31 Å².